The van der Waals surface area contributed by atoms with Crippen LogP contribution in [0.25, 0.3) is 0 Å². The topological polar surface area (TPSA) is 48.9 Å². The fourth-order valence-electron chi connectivity index (χ4n) is 1.81. The zero-order valence-corrected chi connectivity index (χ0v) is 10.2. The fourth-order valence-corrected chi connectivity index (χ4v) is 1.81. The molecule has 1 heterocycles. The Morgan fingerprint density at radius 1 is 1.18 bits per heavy atom. The van der Waals surface area contributed by atoms with Crippen molar-refractivity contribution in [2.45, 2.75) is 32.3 Å². The molecule has 0 aliphatic rings. The molecule has 1 unspecified atom stereocenters. The SMILES string of the molecule is CC(C)c1ccc(C(O)Cc2ncc[nH]2)cc1. The van der Waals surface area contributed by atoms with Crippen molar-refractivity contribution >= 4 is 0 Å². The summed E-state index contributed by atoms with van der Waals surface area (Å²) in [5.74, 6) is 1.33. The van der Waals surface area contributed by atoms with Gasteiger partial charge in [-0.05, 0) is 17.0 Å². The number of hydrogen-bond donors (Lipinski definition) is 2. The number of nitrogens with zero attached hydrogens (tertiary/aromatic N) is 1. The Balaban J connectivity index is 2.06. The van der Waals surface area contributed by atoms with Crippen LogP contribution >= 0.6 is 0 Å². The van der Waals surface area contributed by atoms with Crippen molar-refractivity contribution < 1.29 is 5.11 Å². The number of aliphatic hydroxyl groups excluding tert-OH is 1. The van der Waals surface area contributed by atoms with E-state index in [0.29, 0.717) is 12.3 Å². The van der Waals surface area contributed by atoms with E-state index in [1.807, 2.05) is 12.1 Å². The molecule has 0 radical (unpaired) electrons. The zero-order valence-electron chi connectivity index (χ0n) is 10.2. The predicted molar refractivity (Wildman–Crippen MR) is 67.8 cm³/mol. The molecule has 0 aliphatic heterocycles. The maximum Gasteiger partial charge on any atom is 0.108 e. The quantitative estimate of drug-likeness (QED) is 0.848. The third-order valence-corrected chi connectivity index (χ3v) is 2.93. The van der Waals surface area contributed by atoms with Crippen LogP contribution in [-0.4, -0.2) is 15.1 Å². The summed E-state index contributed by atoms with van der Waals surface area (Å²) >= 11 is 0. The molecule has 1 aromatic carbocycles. The van der Waals surface area contributed by atoms with Gasteiger partial charge >= 0.3 is 0 Å². The van der Waals surface area contributed by atoms with Crippen LogP contribution in [0.2, 0.25) is 0 Å². The Labute approximate surface area is 102 Å². The van der Waals surface area contributed by atoms with Gasteiger partial charge in [-0.3, -0.25) is 0 Å². The van der Waals surface area contributed by atoms with Gasteiger partial charge in [-0.2, -0.15) is 0 Å². The highest BCUT2D eigenvalue weighted by molar-refractivity contribution is 5.26. The average molecular weight is 230 g/mol. The van der Waals surface area contributed by atoms with Gasteiger partial charge in [0, 0.05) is 18.8 Å². The van der Waals surface area contributed by atoms with E-state index >= 15 is 0 Å². The molecule has 0 amide bonds. The minimum atomic E-state index is -0.498. The number of aliphatic hydroxyl groups is 1. The highest BCUT2D eigenvalue weighted by Crippen LogP contribution is 2.20. The third kappa shape index (κ3) is 2.94. The molecule has 0 spiro atoms. The van der Waals surface area contributed by atoms with Gasteiger partial charge in [-0.1, -0.05) is 38.1 Å². The second-order valence-corrected chi connectivity index (χ2v) is 4.58. The van der Waals surface area contributed by atoms with Crippen LogP contribution in [0.5, 0.6) is 0 Å². The maximum absolute atomic E-state index is 10.1. The minimum Gasteiger partial charge on any atom is -0.388 e. The summed E-state index contributed by atoms with van der Waals surface area (Å²) in [5.41, 5.74) is 2.23. The molecule has 0 bridgehead atoms. The van der Waals surface area contributed by atoms with E-state index in [1.54, 1.807) is 12.4 Å². The molecule has 1 atom stereocenters. The molecular formula is C14H18N2O. The Bertz CT molecular complexity index is 446. The van der Waals surface area contributed by atoms with Gasteiger partial charge < -0.3 is 10.1 Å². The molecule has 3 heteroatoms. The Hall–Kier alpha value is -1.61. The van der Waals surface area contributed by atoms with Crippen LogP contribution in [0, 0.1) is 0 Å². The molecule has 90 valence electrons. The normalized spacial score (nSPS) is 12.9. The number of H-pyrrole nitrogens is 1. The monoisotopic (exact) mass is 230 g/mol. The second kappa shape index (κ2) is 5.15. The zero-order chi connectivity index (χ0) is 12.3. The van der Waals surface area contributed by atoms with Gasteiger partial charge in [0.2, 0.25) is 0 Å². The lowest BCUT2D eigenvalue weighted by molar-refractivity contribution is 0.176. The summed E-state index contributed by atoms with van der Waals surface area (Å²) in [6.07, 6.45) is 3.49. The maximum atomic E-state index is 10.1. The van der Waals surface area contributed by atoms with E-state index in [2.05, 4.69) is 35.9 Å². The third-order valence-electron chi connectivity index (χ3n) is 2.93. The van der Waals surface area contributed by atoms with Crippen LogP contribution in [-0.2, 0) is 6.42 Å². The van der Waals surface area contributed by atoms with Crippen molar-refractivity contribution in [1.82, 2.24) is 9.97 Å². The first-order chi connectivity index (χ1) is 8.16. The van der Waals surface area contributed by atoms with Crippen molar-refractivity contribution in [3.63, 3.8) is 0 Å². The van der Waals surface area contributed by atoms with Gasteiger partial charge in [0.05, 0.1) is 6.10 Å². The lowest BCUT2D eigenvalue weighted by Crippen LogP contribution is -2.03. The Morgan fingerprint density at radius 2 is 1.82 bits per heavy atom. The molecule has 1 aromatic heterocycles. The Kier molecular flexibility index (Phi) is 3.59. The first-order valence-corrected chi connectivity index (χ1v) is 5.93. The molecule has 17 heavy (non-hydrogen) atoms. The van der Waals surface area contributed by atoms with Crippen LogP contribution in [0.1, 0.15) is 42.8 Å². The van der Waals surface area contributed by atoms with Crippen molar-refractivity contribution in [3.8, 4) is 0 Å². The van der Waals surface area contributed by atoms with E-state index in [1.165, 1.54) is 5.56 Å². The molecule has 0 saturated carbocycles. The van der Waals surface area contributed by atoms with Crippen LogP contribution in [0.3, 0.4) is 0 Å². The average Bonchev–Trinajstić information content (AvgIpc) is 2.82. The largest absolute Gasteiger partial charge is 0.388 e. The smallest absolute Gasteiger partial charge is 0.108 e. The second-order valence-electron chi connectivity index (χ2n) is 4.58. The van der Waals surface area contributed by atoms with E-state index in [4.69, 9.17) is 0 Å². The highest BCUT2D eigenvalue weighted by Gasteiger charge is 2.10. The Morgan fingerprint density at radius 3 is 2.35 bits per heavy atom. The van der Waals surface area contributed by atoms with E-state index in [-0.39, 0.29) is 0 Å². The van der Waals surface area contributed by atoms with E-state index in [0.717, 1.165) is 11.4 Å². The summed E-state index contributed by atoms with van der Waals surface area (Å²) in [5, 5.41) is 10.1. The lowest BCUT2D eigenvalue weighted by Gasteiger charge is -2.11. The van der Waals surface area contributed by atoms with E-state index in [9.17, 15) is 5.11 Å². The molecular weight excluding hydrogens is 212 g/mol. The number of benzene rings is 1. The number of aromatic amines is 1. The first kappa shape index (κ1) is 11.9. The minimum absolute atomic E-state index is 0.498. The van der Waals surface area contributed by atoms with Crippen molar-refractivity contribution in [2.24, 2.45) is 0 Å². The number of hydrogen-bond acceptors (Lipinski definition) is 2. The van der Waals surface area contributed by atoms with Crippen molar-refractivity contribution in [3.05, 3.63) is 53.6 Å². The number of nitrogens with one attached hydrogen (secondary N) is 1. The van der Waals surface area contributed by atoms with Crippen LogP contribution in [0.15, 0.2) is 36.7 Å². The summed E-state index contributed by atoms with van der Waals surface area (Å²) in [6.45, 7) is 4.32. The lowest BCUT2D eigenvalue weighted by atomic mass is 9.99. The standard InChI is InChI=1S/C14H18N2O/c1-10(2)11-3-5-12(6-4-11)13(17)9-14-15-7-8-16-14/h3-8,10,13,17H,9H2,1-2H3,(H,15,16). The van der Waals surface area contributed by atoms with Gasteiger partial charge in [-0.15, -0.1) is 0 Å². The summed E-state index contributed by atoms with van der Waals surface area (Å²) in [7, 11) is 0. The number of imidazole rings is 1. The molecule has 0 saturated heterocycles. The summed E-state index contributed by atoms with van der Waals surface area (Å²) in [4.78, 5) is 7.11. The molecule has 0 fully saturated rings. The van der Waals surface area contributed by atoms with Gasteiger partial charge in [0.25, 0.3) is 0 Å². The summed E-state index contributed by atoms with van der Waals surface area (Å²) < 4.78 is 0. The van der Waals surface area contributed by atoms with Gasteiger partial charge in [0.1, 0.15) is 5.82 Å². The molecule has 2 N–H and O–H groups in total. The van der Waals surface area contributed by atoms with Gasteiger partial charge in [-0.25, -0.2) is 4.98 Å². The molecule has 0 aliphatic carbocycles. The van der Waals surface area contributed by atoms with Gasteiger partial charge in [0.15, 0.2) is 0 Å². The number of aromatic nitrogens is 2. The van der Waals surface area contributed by atoms with Crippen molar-refractivity contribution in [2.75, 3.05) is 0 Å². The number of rotatable bonds is 4. The first-order valence-electron chi connectivity index (χ1n) is 5.93. The highest BCUT2D eigenvalue weighted by atomic mass is 16.3. The van der Waals surface area contributed by atoms with Crippen molar-refractivity contribution in [1.29, 1.82) is 0 Å². The summed E-state index contributed by atoms with van der Waals surface area (Å²) in [6, 6.07) is 8.13. The molecule has 3 nitrogen and oxygen atoms in total. The molecule has 2 rings (SSSR count). The van der Waals surface area contributed by atoms with E-state index < -0.39 is 6.10 Å². The van der Waals surface area contributed by atoms with Crippen LogP contribution < -0.4 is 0 Å². The van der Waals surface area contributed by atoms with Crippen LogP contribution in [0.4, 0.5) is 0 Å². The fraction of sp³-hybridized carbons (Fsp3) is 0.357. The predicted octanol–water partition coefficient (Wildman–Crippen LogP) is 2.81. The molecule has 2 aromatic rings.